The first-order valence-corrected chi connectivity index (χ1v) is 9.58. The molecule has 1 saturated heterocycles. The molecule has 2 atom stereocenters. The summed E-state index contributed by atoms with van der Waals surface area (Å²) in [5, 5.41) is 10.9. The van der Waals surface area contributed by atoms with Crippen LogP contribution in [0.1, 0.15) is 90.9 Å². The molecule has 1 aliphatic heterocycles. The van der Waals surface area contributed by atoms with Gasteiger partial charge in [-0.05, 0) is 18.6 Å². The third kappa shape index (κ3) is 7.04. The summed E-state index contributed by atoms with van der Waals surface area (Å²) in [5.74, 6) is 1.15. The van der Waals surface area contributed by atoms with E-state index in [1.807, 2.05) is 11.8 Å². The van der Waals surface area contributed by atoms with Crippen LogP contribution in [0.5, 0.6) is 0 Å². The van der Waals surface area contributed by atoms with E-state index in [4.69, 9.17) is 0 Å². The molecular formula is C17H34OS. The van der Waals surface area contributed by atoms with E-state index >= 15 is 0 Å². The smallest absolute Gasteiger partial charge is 0.0771 e. The second-order valence-electron chi connectivity index (χ2n) is 6.30. The van der Waals surface area contributed by atoms with Gasteiger partial charge < -0.3 is 5.11 Å². The van der Waals surface area contributed by atoms with E-state index in [1.165, 1.54) is 64.2 Å². The predicted octanol–water partition coefficient (Wildman–Crippen LogP) is 5.55. The zero-order valence-electron chi connectivity index (χ0n) is 13.1. The molecule has 1 fully saturated rings. The van der Waals surface area contributed by atoms with Crippen LogP contribution in [0.4, 0.5) is 0 Å². The van der Waals surface area contributed by atoms with Crippen molar-refractivity contribution in [1.82, 2.24) is 0 Å². The quantitative estimate of drug-likeness (QED) is 0.502. The molecule has 0 aromatic heterocycles. The fourth-order valence-electron chi connectivity index (χ4n) is 3.02. The summed E-state index contributed by atoms with van der Waals surface area (Å²) in [6.45, 7) is 4.46. The van der Waals surface area contributed by atoms with Gasteiger partial charge in [-0.25, -0.2) is 0 Å². The molecule has 0 aromatic rings. The minimum absolute atomic E-state index is 0.342. The number of unbranched alkanes of at least 4 members (excludes halogenated alkanes) is 9. The highest BCUT2D eigenvalue weighted by Gasteiger charge is 2.37. The first-order chi connectivity index (χ1) is 9.19. The maximum absolute atomic E-state index is 10.5. The van der Waals surface area contributed by atoms with Crippen molar-refractivity contribution >= 4 is 11.8 Å². The van der Waals surface area contributed by atoms with Gasteiger partial charge in [-0.3, -0.25) is 0 Å². The number of hydrogen-bond acceptors (Lipinski definition) is 2. The van der Waals surface area contributed by atoms with Crippen molar-refractivity contribution in [2.24, 2.45) is 0 Å². The van der Waals surface area contributed by atoms with Gasteiger partial charge in [0, 0.05) is 5.25 Å². The third-order valence-electron chi connectivity index (χ3n) is 4.62. The molecule has 114 valence electrons. The van der Waals surface area contributed by atoms with E-state index in [2.05, 4.69) is 13.8 Å². The normalized spacial score (nSPS) is 27.0. The molecule has 0 bridgehead atoms. The molecule has 0 radical (unpaired) electrons. The molecule has 19 heavy (non-hydrogen) atoms. The van der Waals surface area contributed by atoms with Crippen molar-refractivity contribution in [2.75, 3.05) is 5.75 Å². The van der Waals surface area contributed by atoms with Gasteiger partial charge in [-0.1, -0.05) is 78.1 Å². The van der Waals surface area contributed by atoms with Gasteiger partial charge in [-0.2, -0.15) is 11.8 Å². The Morgan fingerprint density at radius 3 is 1.95 bits per heavy atom. The summed E-state index contributed by atoms with van der Waals surface area (Å²) in [4.78, 5) is 0. The molecular weight excluding hydrogens is 252 g/mol. The first kappa shape index (κ1) is 17.4. The molecule has 0 aliphatic carbocycles. The highest BCUT2D eigenvalue weighted by molar-refractivity contribution is 8.00. The SMILES string of the molecule is CCCCCCCCCCCCC1(O)CCSC1C. The lowest BCUT2D eigenvalue weighted by Gasteiger charge is -2.26. The fourth-order valence-corrected chi connectivity index (χ4v) is 4.39. The Kier molecular flexibility index (Phi) is 9.23. The van der Waals surface area contributed by atoms with Crippen molar-refractivity contribution < 1.29 is 5.11 Å². The van der Waals surface area contributed by atoms with Gasteiger partial charge in [0.15, 0.2) is 0 Å². The summed E-state index contributed by atoms with van der Waals surface area (Å²) in [7, 11) is 0. The van der Waals surface area contributed by atoms with Crippen molar-refractivity contribution in [3.8, 4) is 0 Å². The molecule has 1 aliphatic rings. The van der Waals surface area contributed by atoms with Crippen LogP contribution >= 0.6 is 11.8 Å². The average Bonchev–Trinajstić information content (AvgIpc) is 2.72. The minimum Gasteiger partial charge on any atom is -0.389 e. The fraction of sp³-hybridized carbons (Fsp3) is 1.00. The Balaban J connectivity index is 1.86. The largest absolute Gasteiger partial charge is 0.389 e. The van der Waals surface area contributed by atoms with Gasteiger partial charge in [-0.15, -0.1) is 0 Å². The molecule has 0 aromatic carbocycles. The van der Waals surface area contributed by atoms with Crippen molar-refractivity contribution in [3.05, 3.63) is 0 Å². The molecule has 2 heteroatoms. The molecule has 0 saturated carbocycles. The highest BCUT2D eigenvalue weighted by Crippen LogP contribution is 2.38. The Labute approximate surface area is 124 Å². The first-order valence-electron chi connectivity index (χ1n) is 8.53. The molecule has 2 unspecified atom stereocenters. The summed E-state index contributed by atoms with van der Waals surface area (Å²) >= 11 is 1.94. The Bertz CT molecular complexity index is 219. The molecule has 0 spiro atoms. The minimum atomic E-state index is -0.342. The number of rotatable bonds is 11. The predicted molar refractivity (Wildman–Crippen MR) is 87.9 cm³/mol. The number of hydrogen-bond donors (Lipinski definition) is 1. The van der Waals surface area contributed by atoms with Crippen molar-refractivity contribution in [3.63, 3.8) is 0 Å². The Morgan fingerprint density at radius 2 is 1.47 bits per heavy atom. The van der Waals surface area contributed by atoms with Gasteiger partial charge in [0.05, 0.1) is 5.60 Å². The van der Waals surface area contributed by atoms with Crippen LogP contribution in [0.3, 0.4) is 0 Å². The lowest BCUT2D eigenvalue weighted by Crippen LogP contribution is -2.34. The molecule has 1 nitrogen and oxygen atoms in total. The van der Waals surface area contributed by atoms with E-state index in [0.717, 1.165) is 18.6 Å². The molecule has 1 rings (SSSR count). The summed E-state index contributed by atoms with van der Waals surface area (Å²) in [5.41, 5.74) is -0.342. The van der Waals surface area contributed by atoms with Crippen LogP contribution in [0.25, 0.3) is 0 Å². The van der Waals surface area contributed by atoms with Crippen LogP contribution in [-0.4, -0.2) is 21.7 Å². The van der Waals surface area contributed by atoms with Crippen LogP contribution in [0.15, 0.2) is 0 Å². The van der Waals surface area contributed by atoms with E-state index < -0.39 is 0 Å². The van der Waals surface area contributed by atoms with Crippen LogP contribution in [-0.2, 0) is 0 Å². The summed E-state index contributed by atoms with van der Waals surface area (Å²) < 4.78 is 0. The average molecular weight is 287 g/mol. The highest BCUT2D eigenvalue weighted by atomic mass is 32.2. The van der Waals surface area contributed by atoms with Gasteiger partial charge in [0.2, 0.25) is 0 Å². The van der Waals surface area contributed by atoms with Crippen LogP contribution < -0.4 is 0 Å². The van der Waals surface area contributed by atoms with E-state index in [0.29, 0.717) is 5.25 Å². The lowest BCUT2D eigenvalue weighted by atomic mass is 9.90. The van der Waals surface area contributed by atoms with Crippen molar-refractivity contribution in [1.29, 1.82) is 0 Å². The second kappa shape index (κ2) is 10.1. The van der Waals surface area contributed by atoms with Crippen molar-refractivity contribution in [2.45, 2.75) is 102 Å². The monoisotopic (exact) mass is 286 g/mol. The van der Waals surface area contributed by atoms with Gasteiger partial charge in [0.25, 0.3) is 0 Å². The summed E-state index contributed by atoms with van der Waals surface area (Å²) in [6, 6.07) is 0. The topological polar surface area (TPSA) is 20.2 Å². The maximum Gasteiger partial charge on any atom is 0.0771 e. The van der Waals surface area contributed by atoms with Gasteiger partial charge in [0.1, 0.15) is 0 Å². The zero-order chi connectivity index (χ0) is 14.0. The van der Waals surface area contributed by atoms with E-state index in [1.54, 1.807) is 0 Å². The second-order valence-corrected chi connectivity index (χ2v) is 7.75. The number of thioether (sulfide) groups is 1. The van der Waals surface area contributed by atoms with E-state index in [9.17, 15) is 5.11 Å². The lowest BCUT2D eigenvalue weighted by molar-refractivity contribution is 0.0345. The Hall–Kier alpha value is 0.310. The molecule has 1 N–H and O–H groups in total. The molecule has 1 heterocycles. The number of aliphatic hydroxyl groups is 1. The molecule has 0 amide bonds. The zero-order valence-corrected chi connectivity index (χ0v) is 13.9. The standard InChI is InChI=1S/C17H34OS/c1-3-4-5-6-7-8-9-10-11-12-13-17(18)14-15-19-16(17)2/h16,18H,3-15H2,1-2H3. The Morgan fingerprint density at radius 1 is 0.947 bits per heavy atom. The van der Waals surface area contributed by atoms with Crippen LogP contribution in [0.2, 0.25) is 0 Å². The maximum atomic E-state index is 10.5. The van der Waals surface area contributed by atoms with E-state index in [-0.39, 0.29) is 5.60 Å². The summed E-state index contributed by atoms with van der Waals surface area (Å²) in [6.07, 6.45) is 15.8. The van der Waals surface area contributed by atoms with Crippen LogP contribution in [0, 0.1) is 0 Å². The van der Waals surface area contributed by atoms with Gasteiger partial charge >= 0.3 is 0 Å². The third-order valence-corrected chi connectivity index (χ3v) is 6.00.